The maximum Gasteiger partial charge on any atom is 0.270 e. The minimum atomic E-state index is -3.89. The molecule has 0 saturated heterocycles. The van der Waals surface area contributed by atoms with E-state index in [-0.39, 0.29) is 10.5 Å². The van der Waals surface area contributed by atoms with Gasteiger partial charge in [-0.05, 0) is 12.1 Å². The van der Waals surface area contributed by atoms with E-state index in [2.05, 4.69) is 4.83 Å². The van der Waals surface area contributed by atoms with Gasteiger partial charge in [-0.3, -0.25) is 14.6 Å². The summed E-state index contributed by atoms with van der Waals surface area (Å²) in [5, 5.41) is 0.812. The van der Waals surface area contributed by atoms with Gasteiger partial charge in [0.05, 0.1) is 23.7 Å². The number of amides is 2. The maximum absolute atomic E-state index is 12.5. The maximum atomic E-state index is 12.5. The summed E-state index contributed by atoms with van der Waals surface area (Å²) in [6, 6.07) is 5.86. The van der Waals surface area contributed by atoms with Crippen LogP contribution in [0, 0.1) is 0 Å². The van der Waals surface area contributed by atoms with Crippen LogP contribution in [0.3, 0.4) is 0 Å². The highest BCUT2D eigenvalue weighted by atomic mass is 32.2. The molecule has 0 fully saturated rings. The number of hydrogen-bond donors (Lipinski definition) is 1. The van der Waals surface area contributed by atoms with Crippen molar-refractivity contribution < 1.29 is 27.5 Å². The number of nitrogens with one attached hydrogen (secondary N) is 1. The van der Waals surface area contributed by atoms with Gasteiger partial charge in [0.2, 0.25) is 5.91 Å². The topological polar surface area (TPSA) is 105 Å². The molecule has 1 N–H and O–H groups in total. The fraction of sp³-hybridized carbons (Fsp3) is 0.467. The molecule has 1 aromatic rings. The summed E-state index contributed by atoms with van der Waals surface area (Å²) in [5.41, 5.74) is 0.0365. The Balaban J connectivity index is 2.16. The molecule has 138 valence electrons. The zero-order valence-corrected chi connectivity index (χ0v) is 14.9. The number of rotatable bonds is 8. The zero-order valence-electron chi connectivity index (χ0n) is 14.1. The lowest BCUT2D eigenvalue weighted by Gasteiger charge is -2.30. The van der Waals surface area contributed by atoms with E-state index in [1.54, 1.807) is 6.07 Å². The predicted octanol–water partition coefficient (Wildman–Crippen LogP) is -0.543. The van der Waals surface area contributed by atoms with Crippen LogP contribution < -0.4 is 4.83 Å². The van der Waals surface area contributed by atoms with Crippen LogP contribution >= 0.6 is 0 Å². The first-order chi connectivity index (χ1) is 11.9. The van der Waals surface area contributed by atoms with Crippen LogP contribution in [0.2, 0.25) is 0 Å². The third-order valence-electron chi connectivity index (χ3n) is 3.66. The lowest BCUT2D eigenvalue weighted by Crippen LogP contribution is -2.54. The highest BCUT2D eigenvalue weighted by Gasteiger charge is 2.35. The van der Waals surface area contributed by atoms with Gasteiger partial charge in [0.1, 0.15) is 6.54 Å². The number of carbonyl (C=O) groups is 2. The summed E-state index contributed by atoms with van der Waals surface area (Å²) in [4.78, 5) is 28.4. The molecule has 1 aliphatic heterocycles. The predicted molar refractivity (Wildman–Crippen MR) is 88.1 cm³/mol. The average molecular weight is 371 g/mol. The van der Waals surface area contributed by atoms with Gasteiger partial charge in [-0.1, -0.05) is 12.1 Å². The first-order valence-electron chi connectivity index (χ1n) is 7.59. The van der Waals surface area contributed by atoms with Crippen LogP contribution in [0.5, 0.6) is 0 Å². The van der Waals surface area contributed by atoms with Crippen LogP contribution in [-0.4, -0.2) is 77.2 Å². The second-order valence-corrected chi connectivity index (χ2v) is 6.98. The molecule has 2 rings (SSSR count). The van der Waals surface area contributed by atoms with Crippen molar-refractivity contribution >= 4 is 21.8 Å². The van der Waals surface area contributed by atoms with Gasteiger partial charge in [0.25, 0.3) is 15.9 Å². The van der Waals surface area contributed by atoms with Crippen molar-refractivity contribution in [1.82, 2.24) is 14.7 Å². The van der Waals surface area contributed by atoms with Gasteiger partial charge < -0.3 is 14.4 Å². The van der Waals surface area contributed by atoms with E-state index in [0.29, 0.717) is 26.3 Å². The van der Waals surface area contributed by atoms with Crippen molar-refractivity contribution in [1.29, 1.82) is 0 Å². The lowest BCUT2D eigenvalue weighted by molar-refractivity contribution is -0.133. The molecule has 1 heterocycles. The Morgan fingerprint density at radius 3 is 2.36 bits per heavy atom. The molecule has 0 unspecified atom stereocenters. The van der Waals surface area contributed by atoms with Crippen molar-refractivity contribution in [3.05, 3.63) is 29.8 Å². The second kappa shape index (κ2) is 8.39. The summed E-state index contributed by atoms with van der Waals surface area (Å²) in [6.07, 6.45) is 0. The molecule has 2 amide bonds. The Labute approximate surface area is 146 Å². The van der Waals surface area contributed by atoms with E-state index in [1.807, 2.05) is 0 Å². The standard InChI is InChI=1S/C15H21N3O6S/c1-23-9-7-17(8-10-24-2)14(19)11-18-15(20)12-5-3-4-6-13(12)25(21,22)16-18/h3-6,16H,7-11H2,1-2H3. The van der Waals surface area contributed by atoms with E-state index in [4.69, 9.17) is 9.47 Å². The third-order valence-corrected chi connectivity index (χ3v) is 5.06. The van der Waals surface area contributed by atoms with Crippen LogP contribution in [0.4, 0.5) is 0 Å². The number of benzene rings is 1. The van der Waals surface area contributed by atoms with E-state index in [9.17, 15) is 18.0 Å². The molecule has 0 spiro atoms. The SMILES string of the molecule is COCCN(CCOC)C(=O)CN1NS(=O)(=O)c2ccccc2C1=O. The molecule has 0 saturated carbocycles. The highest BCUT2D eigenvalue weighted by molar-refractivity contribution is 7.89. The molecular formula is C15H21N3O6S. The number of ether oxygens (including phenoxy) is 2. The number of methoxy groups -OCH3 is 2. The first-order valence-corrected chi connectivity index (χ1v) is 9.08. The summed E-state index contributed by atoms with van der Waals surface area (Å²) in [6.45, 7) is 0.837. The summed E-state index contributed by atoms with van der Waals surface area (Å²) in [7, 11) is -0.870. The number of hydrazine groups is 1. The van der Waals surface area contributed by atoms with Crippen molar-refractivity contribution in [2.45, 2.75) is 4.90 Å². The quantitative estimate of drug-likeness (QED) is 0.658. The van der Waals surface area contributed by atoms with Crippen molar-refractivity contribution in [3.8, 4) is 0 Å². The summed E-state index contributed by atoms with van der Waals surface area (Å²) < 4.78 is 34.4. The van der Waals surface area contributed by atoms with Gasteiger partial charge in [0.15, 0.2) is 0 Å². The van der Waals surface area contributed by atoms with E-state index in [1.165, 1.54) is 37.3 Å². The second-order valence-electron chi connectivity index (χ2n) is 5.35. The number of carbonyl (C=O) groups excluding carboxylic acids is 2. The monoisotopic (exact) mass is 371 g/mol. The van der Waals surface area contributed by atoms with Gasteiger partial charge in [-0.2, -0.15) is 0 Å². The normalized spacial score (nSPS) is 15.8. The molecule has 1 aliphatic rings. The number of fused-ring (bicyclic) bond motifs is 1. The molecular weight excluding hydrogens is 350 g/mol. The van der Waals surface area contributed by atoms with E-state index in [0.717, 1.165) is 5.01 Å². The zero-order chi connectivity index (χ0) is 18.4. The smallest absolute Gasteiger partial charge is 0.270 e. The van der Waals surface area contributed by atoms with Gasteiger partial charge in [-0.25, -0.2) is 8.42 Å². The Morgan fingerprint density at radius 2 is 1.76 bits per heavy atom. The molecule has 9 nitrogen and oxygen atoms in total. The molecule has 10 heteroatoms. The number of nitrogens with zero attached hydrogens (tertiary/aromatic N) is 2. The van der Waals surface area contributed by atoms with Crippen molar-refractivity contribution in [3.63, 3.8) is 0 Å². The van der Waals surface area contributed by atoms with Crippen LogP contribution in [-0.2, 0) is 24.3 Å². The molecule has 0 aliphatic carbocycles. The molecule has 1 aromatic carbocycles. The van der Waals surface area contributed by atoms with Crippen molar-refractivity contribution in [2.75, 3.05) is 47.1 Å². The Bertz CT molecular complexity index is 729. The van der Waals surface area contributed by atoms with Gasteiger partial charge >= 0.3 is 0 Å². The van der Waals surface area contributed by atoms with Crippen LogP contribution in [0.1, 0.15) is 10.4 Å². The van der Waals surface area contributed by atoms with Crippen LogP contribution in [0.25, 0.3) is 0 Å². The van der Waals surface area contributed by atoms with Gasteiger partial charge in [-0.15, -0.1) is 4.83 Å². The highest BCUT2D eigenvalue weighted by Crippen LogP contribution is 2.21. The summed E-state index contributed by atoms with van der Waals surface area (Å²) in [5.74, 6) is -0.985. The number of hydrogen-bond acceptors (Lipinski definition) is 6. The van der Waals surface area contributed by atoms with Crippen LogP contribution in [0.15, 0.2) is 29.2 Å². The minimum Gasteiger partial charge on any atom is -0.383 e. The lowest BCUT2D eigenvalue weighted by atomic mass is 10.2. The number of sulfonamides is 1. The first kappa shape index (κ1) is 19.3. The van der Waals surface area contributed by atoms with Gasteiger partial charge in [0, 0.05) is 27.3 Å². The Morgan fingerprint density at radius 1 is 1.16 bits per heavy atom. The minimum absolute atomic E-state index is 0.0365. The Kier molecular flexibility index (Phi) is 6.48. The molecule has 0 atom stereocenters. The third kappa shape index (κ3) is 4.54. The summed E-state index contributed by atoms with van der Waals surface area (Å²) >= 11 is 0. The fourth-order valence-corrected chi connectivity index (χ4v) is 3.60. The fourth-order valence-electron chi connectivity index (χ4n) is 2.36. The molecule has 25 heavy (non-hydrogen) atoms. The van der Waals surface area contributed by atoms with Crippen molar-refractivity contribution in [2.24, 2.45) is 0 Å². The molecule has 0 radical (unpaired) electrons. The van der Waals surface area contributed by atoms with E-state index < -0.39 is 28.4 Å². The van der Waals surface area contributed by atoms with E-state index >= 15 is 0 Å². The Hall–Kier alpha value is -2.01. The average Bonchev–Trinajstić information content (AvgIpc) is 2.59. The largest absolute Gasteiger partial charge is 0.383 e. The molecule has 0 bridgehead atoms. The molecule has 0 aromatic heterocycles.